The highest BCUT2D eigenvalue weighted by Crippen LogP contribution is 2.33. The lowest BCUT2D eigenvalue weighted by molar-refractivity contribution is -0.137. The fourth-order valence-electron chi connectivity index (χ4n) is 2.95. The van der Waals surface area contributed by atoms with Crippen molar-refractivity contribution in [1.82, 2.24) is 9.78 Å². The van der Waals surface area contributed by atoms with E-state index in [1.54, 1.807) is 54.6 Å². The Balaban J connectivity index is 1.74. The van der Waals surface area contributed by atoms with Gasteiger partial charge in [-0.25, -0.2) is 9.48 Å². The molecule has 1 aromatic heterocycles. The van der Waals surface area contributed by atoms with E-state index in [0.29, 0.717) is 27.5 Å². The number of alkyl halides is 3. The summed E-state index contributed by atoms with van der Waals surface area (Å²) in [6, 6.07) is 21.3. The topological polar surface area (TPSA) is 44.1 Å². The molecule has 0 radical (unpaired) electrons. The second kappa shape index (κ2) is 8.28. The third-order valence-electron chi connectivity index (χ3n) is 4.47. The molecule has 4 aromatic rings. The van der Waals surface area contributed by atoms with Crippen LogP contribution in [0, 0.1) is 0 Å². The average Bonchev–Trinajstić information content (AvgIpc) is 3.18. The Kier molecular flexibility index (Phi) is 5.52. The molecule has 0 bridgehead atoms. The maximum absolute atomic E-state index is 12.9. The van der Waals surface area contributed by atoms with Gasteiger partial charge in [0.2, 0.25) is 5.88 Å². The highest BCUT2D eigenvalue weighted by Gasteiger charge is 2.30. The molecule has 0 N–H and O–H groups in total. The maximum atomic E-state index is 12.9. The van der Waals surface area contributed by atoms with Crippen molar-refractivity contribution in [1.29, 1.82) is 0 Å². The number of rotatable bonds is 4. The third kappa shape index (κ3) is 4.62. The lowest BCUT2D eigenvalue weighted by Crippen LogP contribution is -2.09. The van der Waals surface area contributed by atoms with Crippen LogP contribution in [0.2, 0.25) is 5.02 Å². The molecule has 0 atom stereocenters. The molecule has 0 fully saturated rings. The van der Waals surface area contributed by atoms with Gasteiger partial charge in [0.05, 0.1) is 22.5 Å². The molecule has 8 heteroatoms. The monoisotopic (exact) mass is 442 g/mol. The Hall–Kier alpha value is -3.58. The lowest BCUT2D eigenvalue weighted by Gasteiger charge is -2.09. The normalized spacial score (nSPS) is 11.4. The Morgan fingerprint density at radius 2 is 1.55 bits per heavy atom. The summed E-state index contributed by atoms with van der Waals surface area (Å²) in [4.78, 5) is 12.4. The van der Waals surface area contributed by atoms with E-state index in [9.17, 15) is 18.0 Å². The second-order valence-electron chi connectivity index (χ2n) is 6.59. The van der Waals surface area contributed by atoms with Crippen LogP contribution in [-0.4, -0.2) is 15.7 Å². The molecule has 1 heterocycles. The van der Waals surface area contributed by atoms with Crippen LogP contribution in [0.1, 0.15) is 15.9 Å². The Bertz CT molecular complexity index is 1200. The number of nitrogens with zero attached hydrogens (tertiary/aromatic N) is 2. The van der Waals surface area contributed by atoms with Crippen LogP contribution >= 0.6 is 11.6 Å². The van der Waals surface area contributed by atoms with Gasteiger partial charge in [0, 0.05) is 16.7 Å². The number of ether oxygens (including phenoxy) is 1. The maximum Gasteiger partial charge on any atom is 0.416 e. The number of esters is 1. The zero-order valence-corrected chi connectivity index (χ0v) is 16.6. The van der Waals surface area contributed by atoms with Crippen molar-refractivity contribution in [3.63, 3.8) is 0 Å². The molecule has 0 aliphatic heterocycles. The minimum Gasteiger partial charge on any atom is -0.402 e. The van der Waals surface area contributed by atoms with Gasteiger partial charge in [-0.05, 0) is 48.5 Å². The minimum atomic E-state index is -4.44. The lowest BCUT2D eigenvalue weighted by atomic mass is 10.1. The van der Waals surface area contributed by atoms with Crippen LogP contribution in [-0.2, 0) is 6.18 Å². The summed E-state index contributed by atoms with van der Waals surface area (Å²) < 4.78 is 45.6. The van der Waals surface area contributed by atoms with Crippen molar-refractivity contribution in [3.8, 4) is 22.8 Å². The summed E-state index contributed by atoms with van der Waals surface area (Å²) in [7, 11) is 0. The third-order valence-corrected chi connectivity index (χ3v) is 4.72. The number of carbonyl (C=O) groups excluding carboxylic acids is 1. The molecule has 0 aliphatic carbocycles. The van der Waals surface area contributed by atoms with Crippen LogP contribution in [0.4, 0.5) is 13.2 Å². The predicted molar refractivity (Wildman–Crippen MR) is 110 cm³/mol. The predicted octanol–water partition coefficient (Wildman–Crippen LogP) is 6.43. The summed E-state index contributed by atoms with van der Waals surface area (Å²) in [5.41, 5.74) is 1.11. The molecule has 156 valence electrons. The van der Waals surface area contributed by atoms with Crippen LogP contribution in [0.25, 0.3) is 16.9 Å². The Morgan fingerprint density at radius 3 is 2.16 bits per heavy atom. The van der Waals surface area contributed by atoms with E-state index in [4.69, 9.17) is 16.3 Å². The minimum absolute atomic E-state index is 0.0127. The molecule has 0 spiro atoms. The van der Waals surface area contributed by atoms with Gasteiger partial charge >= 0.3 is 12.1 Å². The molecule has 4 rings (SSSR count). The van der Waals surface area contributed by atoms with E-state index in [0.717, 1.165) is 12.1 Å². The first-order chi connectivity index (χ1) is 14.8. The van der Waals surface area contributed by atoms with Crippen molar-refractivity contribution in [2.75, 3.05) is 0 Å². The quantitative estimate of drug-likeness (QED) is 0.342. The number of carbonyl (C=O) groups is 1. The number of hydrogen-bond donors (Lipinski definition) is 0. The zero-order valence-electron chi connectivity index (χ0n) is 15.8. The first kappa shape index (κ1) is 20.7. The van der Waals surface area contributed by atoms with Crippen molar-refractivity contribution in [2.45, 2.75) is 6.18 Å². The molecule has 0 saturated carbocycles. The first-order valence-corrected chi connectivity index (χ1v) is 9.50. The zero-order chi connectivity index (χ0) is 22.0. The van der Waals surface area contributed by atoms with Crippen molar-refractivity contribution < 1.29 is 22.7 Å². The van der Waals surface area contributed by atoms with Gasteiger partial charge in [-0.1, -0.05) is 41.9 Å². The molecule has 0 saturated heterocycles. The van der Waals surface area contributed by atoms with E-state index in [1.165, 1.54) is 22.9 Å². The fourth-order valence-corrected chi connectivity index (χ4v) is 3.08. The standard InChI is InChI=1S/C23H14ClF3N2O2/c24-18-10-12-19(13-11-18)29-20(15-6-8-17(9-7-15)23(25,26)27)14-21(28-29)31-22(30)16-4-2-1-3-5-16/h1-14H. The van der Waals surface area contributed by atoms with Crippen molar-refractivity contribution >= 4 is 17.6 Å². The van der Waals surface area contributed by atoms with Crippen molar-refractivity contribution in [2.24, 2.45) is 0 Å². The van der Waals surface area contributed by atoms with E-state index in [1.807, 2.05) is 0 Å². The number of aromatic nitrogens is 2. The van der Waals surface area contributed by atoms with Crippen LogP contribution in [0.15, 0.2) is 84.9 Å². The van der Waals surface area contributed by atoms with Gasteiger partial charge < -0.3 is 4.74 Å². The molecular formula is C23H14ClF3N2O2. The van der Waals surface area contributed by atoms with E-state index < -0.39 is 17.7 Å². The van der Waals surface area contributed by atoms with Gasteiger partial charge in [0.15, 0.2) is 0 Å². The van der Waals surface area contributed by atoms with Crippen LogP contribution in [0.3, 0.4) is 0 Å². The van der Waals surface area contributed by atoms with Gasteiger partial charge in [0.1, 0.15) is 0 Å². The molecule has 0 amide bonds. The van der Waals surface area contributed by atoms with Gasteiger partial charge in [-0.3, -0.25) is 0 Å². The molecule has 3 aromatic carbocycles. The van der Waals surface area contributed by atoms with Crippen molar-refractivity contribution in [3.05, 3.63) is 101 Å². The highest BCUT2D eigenvalue weighted by atomic mass is 35.5. The summed E-state index contributed by atoms with van der Waals surface area (Å²) in [6.07, 6.45) is -4.44. The van der Waals surface area contributed by atoms with Gasteiger partial charge in [-0.2, -0.15) is 13.2 Å². The van der Waals surface area contributed by atoms with Gasteiger partial charge in [-0.15, -0.1) is 5.10 Å². The number of halogens is 4. The number of benzene rings is 3. The smallest absolute Gasteiger partial charge is 0.402 e. The summed E-state index contributed by atoms with van der Waals surface area (Å²) in [6.45, 7) is 0. The van der Waals surface area contributed by atoms with E-state index >= 15 is 0 Å². The molecule has 0 aliphatic rings. The van der Waals surface area contributed by atoms with E-state index in [-0.39, 0.29) is 5.88 Å². The summed E-state index contributed by atoms with van der Waals surface area (Å²) in [5, 5.41) is 4.85. The first-order valence-electron chi connectivity index (χ1n) is 9.12. The molecular weight excluding hydrogens is 429 g/mol. The van der Waals surface area contributed by atoms with Crippen LogP contribution < -0.4 is 4.74 Å². The summed E-state index contributed by atoms with van der Waals surface area (Å²) >= 11 is 5.95. The van der Waals surface area contributed by atoms with Crippen LogP contribution in [0.5, 0.6) is 5.88 Å². The van der Waals surface area contributed by atoms with Gasteiger partial charge in [0.25, 0.3) is 0 Å². The number of hydrogen-bond acceptors (Lipinski definition) is 3. The Morgan fingerprint density at radius 1 is 0.903 bits per heavy atom. The van der Waals surface area contributed by atoms with E-state index in [2.05, 4.69) is 5.10 Å². The molecule has 4 nitrogen and oxygen atoms in total. The average molecular weight is 443 g/mol. The highest BCUT2D eigenvalue weighted by molar-refractivity contribution is 6.30. The second-order valence-corrected chi connectivity index (χ2v) is 7.02. The molecule has 0 unspecified atom stereocenters. The fraction of sp³-hybridized carbons (Fsp3) is 0.0435. The summed E-state index contributed by atoms with van der Waals surface area (Å²) in [5.74, 6) is -0.584. The molecule has 31 heavy (non-hydrogen) atoms. The Labute approximate surface area is 180 Å². The largest absolute Gasteiger partial charge is 0.416 e. The SMILES string of the molecule is O=C(Oc1cc(-c2ccc(C(F)(F)F)cc2)n(-c2ccc(Cl)cc2)n1)c1ccccc1.